The zero-order valence-corrected chi connectivity index (χ0v) is 17.4. The number of nitrogens with one attached hydrogen (secondary N) is 1. The van der Waals surface area contributed by atoms with Crippen LogP contribution in [-0.4, -0.2) is 12.4 Å². The lowest BCUT2D eigenvalue weighted by atomic mass is 10.3. The first kappa shape index (κ1) is 19.9. The topological polar surface area (TPSA) is 38.3 Å². The molecular weight excluding hydrogens is 389 g/mol. The predicted molar refractivity (Wildman–Crippen MR) is 126 cm³/mol. The van der Waals surface area contributed by atoms with Gasteiger partial charge in [0.25, 0.3) is 0 Å². The van der Waals surface area contributed by atoms with E-state index in [-0.39, 0.29) is 0 Å². The van der Waals surface area contributed by atoms with Crippen molar-refractivity contribution in [2.24, 2.45) is 0 Å². The Hall–Kier alpha value is -3.42. The van der Waals surface area contributed by atoms with Gasteiger partial charge in [0.15, 0.2) is 0 Å². The summed E-state index contributed by atoms with van der Waals surface area (Å²) in [4.78, 5) is 12.6. The lowest BCUT2D eigenvalue weighted by molar-refractivity contribution is 0.202. The average Bonchev–Trinajstić information content (AvgIpc) is 2.82. The summed E-state index contributed by atoms with van der Waals surface area (Å²) in [7, 11) is -2.12. The van der Waals surface area contributed by atoms with Crippen LogP contribution in [0.3, 0.4) is 0 Å². The molecule has 4 aromatic rings. The Bertz CT molecular complexity index is 974. The molecule has 0 fully saturated rings. The molecule has 4 aromatic carbocycles. The number of carbonyl (C=O) groups excluding carboxylic acids is 1. The van der Waals surface area contributed by atoms with E-state index in [0.29, 0.717) is 12.0 Å². The van der Waals surface area contributed by atoms with Gasteiger partial charge < -0.3 is 4.74 Å². The molecule has 0 radical (unpaired) electrons. The molecule has 0 heterocycles. The van der Waals surface area contributed by atoms with E-state index >= 15 is 0 Å². The Balaban J connectivity index is 1.74. The molecule has 0 aromatic heterocycles. The summed E-state index contributed by atoms with van der Waals surface area (Å²) >= 11 is 0. The maximum Gasteiger partial charge on any atom is 0.415 e. The van der Waals surface area contributed by atoms with Gasteiger partial charge in [-0.25, -0.2) is 4.79 Å². The number of ether oxygens (including phenoxy) is 1. The molecule has 0 aliphatic heterocycles. The van der Waals surface area contributed by atoms with Gasteiger partial charge >= 0.3 is 6.09 Å². The van der Waals surface area contributed by atoms with E-state index in [1.54, 1.807) is 12.1 Å². The van der Waals surface area contributed by atoms with E-state index in [0.717, 1.165) is 0 Å². The van der Waals surface area contributed by atoms with Crippen LogP contribution in [0.1, 0.15) is 0 Å². The van der Waals surface area contributed by atoms with Crippen molar-refractivity contribution in [3.05, 3.63) is 121 Å². The molecule has 1 N–H and O–H groups in total. The third-order valence-corrected chi connectivity index (χ3v) is 9.18. The highest BCUT2D eigenvalue weighted by atomic mass is 31.2. The highest BCUT2D eigenvalue weighted by Crippen LogP contribution is 2.54. The van der Waals surface area contributed by atoms with Gasteiger partial charge in [-0.15, -0.1) is 0 Å². The summed E-state index contributed by atoms with van der Waals surface area (Å²) in [6.07, 6.45) is 0.0184. The lowest BCUT2D eigenvalue weighted by Gasteiger charge is -2.27. The maximum atomic E-state index is 12.6. The second kappa shape index (κ2) is 9.39. The highest BCUT2D eigenvalue weighted by molar-refractivity contribution is 7.95. The van der Waals surface area contributed by atoms with Crippen LogP contribution in [0.5, 0.6) is 5.75 Å². The SMILES string of the molecule is O=C(NC[P+](c1ccccc1)(c1ccccc1)c1ccccc1)Oc1ccccc1. The normalized spacial score (nSPS) is 10.9. The summed E-state index contributed by atoms with van der Waals surface area (Å²) < 4.78 is 5.49. The Kier molecular flexibility index (Phi) is 6.22. The number of para-hydroxylation sites is 1. The molecule has 4 rings (SSSR count). The number of carbonyl (C=O) groups is 1. The first-order valence-electron chi connectivity index (χ1n) is 9.85. The van der Waals surface area contributed by atoms with Gasteiger partial charge in [0, 0.05) is 0 Å². The number of benzene rings is 4. The highest BCUT2D eigenvalue weighted by Gasteiger charge is 2.45. The minimum atomic E-state index is -2.12. The third-order valence-electron chi connectivity index (χ3n) is 5.01. The number of rotatable bonds is 6. The van der Waals surface area contributed by atoms with Gasteiger partial charge in [-0.2, -0.15) is 0 Å². The van der Waals surface area contributed by atoms with E-state index in [4.69, 9.17) is 4.74 Å². The lowest BCUT2D eigenvalue weighted by Crippen LogP contribution is -2.40. The number of amides is 1. The minimum absolute atomic E-state index is 0.451. The monoisotopic (exact) mass is 412 g/mol. The Morgan fingerprint density at radius 2 is 0.967 bits per heavy atom. The molecule has 0 saturated heterocycles. The molecule has 4 heteroatoms. The van der Waals surface area contributed by atoms with Gasteiger partial charge in [-0.3, -0.25) is 5.32 Å². The van der Waals surface area contributed by atoms with Crippen molar-refractivity contribution in [2.75, 3.05) is 6.29 Å². The first-order valence-corrected chi connectivity index (χ1v) is 11.8. The molecule has 0 aliphatic rings. The van der Waals surface area contributed by atoms with Gasteiger partial charge in [-0.05, 0) is 48.5 Å². The van der Waals surface area contributed by atoms with Crippen molar-refractivity contribution < 1.29 is 9.53 Å². The Morgan fingerprint density at radius 1 is 0.600 bits per heavy atom. The number of hydrogen-bond acceptors (Lipinski definition) is 2. The van der Waals surface area contributed by atoms with Crippen molar-refractivity contribution in [3.8, 4) is 5.75 Å². The maximum absolute atomic E-state index is 12.6. The fourth-order valence-corrected chi connectivity index (χ4v) is 7.43. The zero-order valence-electron chi connectivity index (χ0n) is 16.5. The largest absolute Gasteiger partial charge is 0.415 e. The van der Waals surface area contributed by atoms with Crippen LogP contribution in [0.2, 0.25) is 0 Å². The van der Waals surface area contributed by atoms with Gasteiger partial charge in [-0.1, -0.05) is 72.8 Å². The summed E-state index contributed by atoms with van der Waals surface area (Å²) in [5, 5.41) is 6.69. The standard InChI is InChI=1S/C26H22NO2P/c28-26(29-22-13-5-1-6-14-22)27-21-30(23-15-7-2-8-16-23,24-17-9-3-10-18-24)25-19-11-4-12-20-25/h1-20H,21H2/p+1. The van der Waals surface area contributed by atoms with Crippen LogP contribution in [0.25, 0.3) is 0 Å². The Labute approximate surface area is 177 Å². The van der Waals surface area contributed by atoms with Crippen molar-refractivity contribution in [1.29, 1.82) is 0 Å². The summed E-state index contributed by atoms with van der Waals surface area (Å²) in [5.41, 5.74) is 0. The van der Waals surface area contributed by atoms with Crippen LogP contribution >= 0.6 is 7.26 Å². The first-order chi connectivity index (χ1) is 14.8. The molecule has 0 bridgehead atoms. The number of hydrogen-bond donors (Lipinski definition) is 1. The molecule has 1 amide bonds. The van der Waals surface area contributed by atoms with Crippen LogP contribution in [0.15, 0.2) is 121 Å². The van der Waals surface area contributed by atoms with Gasteiger partial charge in [0.1, 0.15) is 35.2 Å². The third kappa shape index (κ3) is 4.27. The fourth-order valence-electron chi connectivity index (χ4n) is 3.58. The van der Waals surface area contributed by atoms with E-state index in [2.05, 4.69) is 78.1 Å². The molecule has 0 saturated carbocycles. The molecule has 3 nitrogen and oxygen atoms in total. The van der Waals surface area contributed by atoms with Gasteiger partial charge in [0.05, 0.1) is 0 Å². The van der Waals surface area contributed by atoms with Gasteiger partial charge in [0.2, 0.25) is 0 Å². The minimum Gasteiger partial charge on any atom is -0.410 e. The smallest absolute Gasteiger partial charge is 0.410 e. The zero-order chi connectivity index (χ0) is 20.7. The van der Waals surface area contributed by atoms with Crippen molar-refractivity contribution in [2.45, 2.75) is 0 Å². The average molecular weight is 412 g/mol. The fraction of sp³-hybridized carbons (Fsp3) is 0.0385. The molecule has 0 atom stereocenters. The quantitative estimate of drug-likeness (QED) is 0.465. The van der Waals surface area contributed by atoms with Crippen LogP contribution < -0.4 is 26.0 Å². The van der Waals surface area contributed by atoms with Crippen LogP contribution in [0, 0.1) is 0 Å². The molecule has 0 aliphatic carbocycles. The Morgan fingerprint density at radius 3 is 1.37 bits per heavy atom. The van der Waals surface area contributed by atoms with Crippen molar-refractivity contribution in [3.63, 3.8) is 0 Å². The van der Waals surface area contributed by atoms with E-state index in [9.17, 15) is 4.79 Å². The molecule has 0 spiro atoms. The second-order valence-electron chi connectivity index (χ2n) is 6.85. The van der Waals surface area contributed by atoms with Crippen molar-refractivity contribution >= 4 is 29.3 Å². The van der Waals surface area contributed by atoms with Crippen LogP contribution in [0.4, 0.5) is 4.79 Å². The molecule has 148 valence electrons. The summed E-state index contributed by atoms with van der Waals surface area (Å²) in [6.45, 7) is 0. The van der Waals surface area contributed by atoms with Crippen molar-refractivity contribution in [1.82, 2.24) is 5.32 Å². The summed E-state index contributed by atoms with van der Waals surface area (Å²) in [6, 6.07) is 40.4. The van der Waals surface area contributed by atoms with E-state index in [1.165, 1.54) is 15.9 Å². The molecule has 30 heavy (non-hydrogen) atoms. The second-order valence-corrected chi connectivity index (χ2v) is 10.3. The van der Waals surface area contributed by atoms with E-state index < -0.39 is 13.4 Å². The predicted octanol–water partition coefficient (Wildman–Crippen LogP) is 4.73. The molecule has 0 unspecified atom stereocenters. The molecular formula is C26H23NO2P+. The van der Waals surface area contributed by atoms with E-state index in [1.807, 2.05) is 36.4 Å². The van der Waals surface area contributed by atoms with Crippen LogP contribution in [-0.2, 0) is 0 Å². The summed E-state index contributed by atoms with van der Waals surface area (Å²) in [5.74, 6) is 0.526.